The molecule has 2 aromatic rings. The second-order valence-corrected chi connectivity index (χ2v) is 8.44. The average molecular weight is 441 g/mol. The highest BCUT2D eigenvalue weighted by Crippen LogP contribution is 2.46. The number of pyridine rings is 1. The Morgan fingerprint density at radius 3 is 2.07 bits per heavy atom. The Morgan fingerprint density at radius 1 is 1.07 bits per heavy atom. The molecule has 158 valence electrons. The van der Waals surface area contributed by atoms with Crippen LogP contribution in [0.25, 0.3) is 0 Å². The summed E-state index contributed by atoms with van der Waals surface area (Å²) in [7, 11) is -3.40. The minimum absolute atomic E-state index is 0.0749. The van der Waals surface area contributed by atoms with Gasteiger partial charge in [-0.25, -0.2) is 8.42 Å². The van der Waals surface area contributed by atoms with Crippen LogP contribution in [0.4, 0.5) is 26.3 Å². The van der Waals surface area contributed by atoms with Gasteiger partial charge in [-0.15, -0.1) is 0 Å². The lowest BCUT2D eigenvalue weighted by molar-refractivity contribution is -0.143. The molecular formula is C17H13F6NO4S. The van der Waals surface area contributed by atoms with Gasteiger partial charge in [-0.2, -0.15) is 26.3 Å². The summed E-state index contributed by atoms with van der Waals surface area (Å²) in [6.07, 6.45) is -11.6. The number of nitrogens with zero attached hydrogens (tertiary/aromatic N) is 1. The number of rotatable bonds is 3. The average Bonchev–Trinajstić information content (AvgIpc) is 2.82. The molecule has 1 aliphatic rings. The fourth-order valence-electron chi connectivity index (χ4n) is 3.30. The zero-order chi connectivity index (χ0) is 21.8. The molecule has 1 N–H and O–H groups in total. The van der Waals surface area contributed by atoms with Gasteiger partial charge >= 0.3 is 12.4 Å². The molecule has 0 aliphatic carbocycles. The summed E-state index contributed by atoms with van der Waals surface area (Å²) in [5.74, 6) is 0. The first-order valence-corrected chi connectivity index (χ1v) is 9.51. The van der Waals surface area contributed by atoms with Crippen molar-refractivity contribution >= 4 is 9.84 Å². The number of ether oxygens (including phenoxy) is 1. The predicted molar refractivity (Wildman–Crippen MR) is 86.4 cm³/mol. The molecular weight excluding hydrogens is 428 g/mol. The van der Waals surface area contributed by atoms with Gasteiger partial charge in [-0.1, -0.05) is 0 Å². The lowest BCUT2D eigenvalue weighted by Crippen LogP contribution is -2.30. The van der Waals surface area contributed by atoms with Gasteiger partial charge in [0.1, 0.15) is 17.5 Å². The van der Waals surface area contributed by atoms with Crippen LogP contribution < -0.4 is 0 Å². The highest BCUT2D eigenvalue weighted by atomic mass is 32.2. The molecule has 29 heavy (non-hydrogen) atoms. The summed E-state index contributed by atoms with van der Waals surface area (Å²) < 4.78 is 109. The van der Waals surface area contributed by atoms with E-state index in [1.807, 2.05) is 0 Å². The van der Waals surface area contributed by atoms with Crippen LogP contribution in [0.2, 0.25) is 0 Å². The van der Waals surface area contributed by atoms with Gasteiger partial charge in [-0.05, 0) is 29.8 Å². The quantitative estimate of drug-likeness (QED) is 0.736. The van der Waals surface area contributed by atoms with Crippen molar-refractivity contribution in [2.45, 2.75) is 34.7 Å². The van der Waals surface area contributed by atoms with E-state index in [1.165, 1.54) is 0 Å². The number of fused-ring (bicyclic) bond motifs is 1. The highest BCUT2D eigenvalue weighted by Gasteiger charge is 2.50. The first-order chi connectivity index (χ1) is 13.3. The first-order valence-electron chi connectivity index (χ1n) is 7.96. The number of sulfone groups is 1. The molecule has 0 fully saturated rings. The fourth-order valence-corrected chi connectivity index (χ4v) is 5.43. The second kappa shape index (κ2) is 6.96. The van der Waals surface area contributed by atoms with Crippen molar-refractivity contribution in [1.29, 1.82) is 0 Å². The molecule has 0 spiro atoms. The van der Waals surface area contributed by atoms with Crippen LogP contribution in [-0.2, 0) is 26.9 Å². The SMILES string of the molecule is COC(c1cc(C(F)(F)F)cc(C(F)(F)F)c1)C1C(O)c2cnccc2S1(=O)=O. The van der Waals surface area contributed by atoms with Crippen LogP contribution in [-0.4, -0.2) is 30.9 Å². The normalized spacial score (nSPS) is 22.3. The third kappa shape index (κ3) is 3.71. The van der Waals surface area contributed by atoms with Crippen molar-refractivity contribution in [3.63, 3.8) is 0 Å². The number of alkyl halides is 6. The Hall–Kier alpha value is -2.18. The summed E-state index contributed by atoms with van der Waals surface area (Å²) in [6.45, 7) is 0. The summed E-state index contributed by atoms with van der Waals surface area (Å²) in [4.78, 5) is 3.38. The molecule has 3 unspecified atom stereocenters. The van der Waals surface area contributed by atoms with Crippen LogP contribution in [0.5, 0.6) is 0 Å². The van der Waals surface area contributed by atoms with E-state index in [-0.39, 0.29) is 16.5 Å². The topological polar surface area (TPSA) is 76.5 Å². The molecule has 12 heteroatoms. The Balaban J connectivity index is 2.19. The lowest BCUT2D eigenvalue weighted by atomic mass is 9.95. The maximum absolute atomic E-state index is 13.1. The van der Waals surface area contributed by atoms with Crippen molar-refractivity contribution in [3.8, 4) is 0 Å². The van der Waals surface area contributed by atoms with Gasteiger partial charge in [0.15, 0.2) is 9.84 Å². The number of halogens is 6. The van der Waals surface area contributed by atoms with E-state index < -0.39 is 56.3 Å². The van der Waals surface area contributed by atoms with Crippen molar-refractivity contribution < 1.29 is 44.6 Å². The van der Waals surface area contributed by atoms with Crippen molar-refractivity contribution in [2.75, 3.05) is 7.11 Å². The van der Waals surface area contributed by atoms with Crippen LogP contribution in [0.3, 0.4) is 0 Å². The zero-order valence-electron chi connectivity index (χ0n) is 14.5. The molecule has 2 heterocycles. The molecule has 0 amide bonds. The zero-order valence-corrected chi connectivity index (χ0v) is 15.3. The number of methoxy groups -OCH3 is 1. The summed E-state index contributed by atoms with van der Waals surface area (Å²) >= 11 is 0. The van der Waals surface area contributed by atoms with Gasteiger partial charge in [0.25, 0.3) is 0 Å². The molecule has 1 aromatic heterocycles. The van der Waals surface area contributed by atoms with Crippen molar-refractivity contribution in [1.82, 2.24) is 4.98 Å². The van der Waals surface area contributed by atoms with E-state index >= 15 is 0 Å². The second-order valence-electron chi connectivity index (χ2n) is 6.36. The van der Waals surface area contributed by atoms with Crippen molar-refractivity contribution in [3.05, 3.63) is 58.9 Å². The molecule has 0 radical (unpaired) electrons. The Labute approximate surface area is 160 Å². The van der Waals surface area contributed by atoms with Crippen LogP contribution in [0.15, 0.2) is 41.6 Å². The number of aliphatic hydroxyl groups excluding tert-OH is 1. The summed E-state index contributed by atoms with van der Waals surface area (Å²) in [5, 5.41) is 8.60. The Kier molecular flexibility index (Phi) is 5.16. The molecule has 0 saturated heterocycles. The smallest absolute Gasteiger partial charge is 0.387 e. The molecule has 5 nitrogen and oxygen atoms in total. The lowest BCUT2D eigenvalue weighted by Gasteiger charge is -2.26. The minimum atomic E-state index is -5.12. The maximum Gasteiger partial charge on any atom is 0.416 e. The van der Waals surface area contributed by atoms with Crippen molar-refractivity contribution in [2.24, 2.45) is 0 Å². The van der Waals surface area contributed by atoms with E-state index in [1.54, 1.807) is 0 Å². The van der Waals surface area contributed by atoms with Crippen LogP contribution in [0.1, 0.15) is 34.5 Å². The minimum Gasteiger partial charge on any atom is -0.387 e. The van der Waals surface area contributed by atoms with E-state index in [4.69, 9.17) is 4.74 Å². The fraction of sp³-hybridized carbons (Fsp3) is 0.353. The largest absolute Gasteiger partial charge is 0.416 e. The summed E-state index contributed by atoms with van der Waals surface area (Å²) in [6, 6.07) is 1.78. The van der Waals surface area contributed by atoms with E-state index in [0.717, 1.165) is 25.6 Å². The van der Waals surface area contributed by atoms with Gasteiger partial charge in [-0.3, -0.25) is 4.98 Å². The highest BCUT2D eigenvalue weighted by molar-refractivity contribution is 7.92. The number of aliphatic hydroxyl groups is 1. The number of aromatic nitrogens is 1. The van der Waals surface area contributed by atoms with E-state index in [0.29, 0.717) is 12.1 Å². The third-order valence-corrected chi connectivity index (χ3v) is 6.80. The van der Waals surface area contributed by atoms with Gasteiger partial charge in [0.05, 0.1) is 16.0 Å². The first kappa shape index (κ1) is 21.5. The monoisotopic (exact) mass is 441 g/mol. The molecule has 1 aliphatic heterocycles. The number of benzene rings is 1. The third-order valence-electron chi connectivity index (χ3n) is 4.60. The Bertz CT molecular complexity index is 1000. The van der Waals surface area contributed by atoms with Crippen LogP contribution >= 0.6 is 0 Å². The molecule has 0 saturated carbocycles. The Morgan fingerprint density at radius 2 is 1.62 bits per heavy atom. The molecule has 0 bridgehead atoms. The van der Waals surface area contributed by atoms with Gasteiger partial charge < -0.3 is 9.84 Å². The number of hydrogen-bond donors (Lipinski definition) is 1. The van der Waals surface area contributed by atoms with Crippen LogP contribution in [0, 0.1) is 0 Å². The standard InChI is InChI=1S/C17H13F6NO4S/c1-28-14(15-13(25)11-7-24-3-2-12(11)29(15,26)27)8-4-9(16(18,19)20)6-10(5-8)17(21,22)23/h2-7,13-15,25H,1H3. The molecule has 1 aromatic carbocycles. The molecule has 3 rings (SSSR count). The van der Waals surface area contributed by atoms with Gasteiger partial charge in [0, 0.05) is 25.1 Å². The summed E-state index contributed by atoms with van der Waals surface area (Å²) in [5.41, 5.74) is -4.02. The predicted octanol–water partition coefficient (Wildman–Crippen LogP) is 3.70. The molecule has 3 atom stereocenters. The maximum atomic E-state index is 13.1. The number of hydrogen-bond acceptors (Lipinski definition) is 5. The van der Waals surface area contributed by atoms with E-state index in [9.17, 15) is 39.9 Å². The van der Waals surface area contributed by atoms with Gasteiger partial charge in [0.2, 0.25) is 0 Å². The van der Waals surface area contributed by atoms with E-state index in [2.05, 4.69) is 4.98 Å².